The number of rotatable bonds is 6. The van der Waals surface area contributed by atoms with Gasteiger partial charge in [0.15, 0.2) is 0 Å². The predicted molar refractivity (Wildman–Crippen MR) is 75.4 cm³/mol. The van der Waals surface area contributed by atoms with E-state index in [-0.39, 0.29) is 5.91 Å². The number of amides is 1. The Bertz CT molecular complexity index is 442. The molecule has 0 unspecified atom stereocenters. The Morgan fingerprint density at radius 3 is 2.89 bits per heavy atom. The molecule has 0 saturated carbocycles. The van der Waals surface area contributed by atoms with E-state index in [4.69, 9.17) is 4.74 Å². The second kappa shape index (κ2) is 6.57. The molecule has 1 aromatic carbocycles. The number of benzene rings is 1. The zero-order valence-electron chi connectivity index (χ0n) is 11.7. The van der Waals surface area contributed by atoms with Crippen molar-refractivity contribution >= 4 is 5.91 Å². The molecule has 1 amide bonds. The molecule has 0 radical (unpaired) electrons. The third-order valence-corrected chi connectivity index (χ3v) is 3.60. The van der Waals surface area contributed by atoms with Gasteiger partial charge in [-0.15, -0.1) is 0 Å². The summed E-state index contributed by atoms with van der Waals surface area (Å²) in [7, 11) is 0. The van der Waals surface area contributed by atoms with Crippen LogP contribution in [-0.2, 0) is 4.79 Å². The van der Waals surface area contributed by atoms with E-state index >= 15 is 0 Å². The topological polar surface area (TPSA) is 50.4 Å². The van der Waals surface area contributed by atoms with Crippen LogP contribution in [0.5, 0.6) is 5.75 Å². The smallest absolute Gasteiger partial charge is 0.223 e. The molecular formula is C15H22N2O2. The van der Waals surface area contributed by atoms with Crippen LogP contribution in [0.2, 0.25) is 0 Å². The van der Waals surface area contributed by atoms with Crippen LogP contribution in [-0.4, -0.2) is 32.1 Å². The van der Waals surface area contributed by atoms with Gasteiger partial charge in [0, 0.05) is 25.6 Å². The Labute approximate surface area is 114 Å². The maximum Gasteiger partial charge on any atom is 0.223 e. The second-order valence-electron chi connectivity index (χ2n) is 5.12. The van der Waals surface area contributed by atoms with Crippen LogP contribution in [0.1, 0.15) is 17.5 Å². The number of aryl methyl sites for hydroxylation is 1. The fourth-order valence-electron chi connectivity index (χ4n) is 1.97. The van der Waals surface area contributed by atoms with Crippen LogP contribution >= 0.6 is 0 Å². The van der Waals surface area contributed by atoms with Gasteiger partial charge < -0.3 is 15.4 Å². The molecule has 1 aromatic rings. The second-order valence-corrected chi connectivity index (χ2v) is 5.12. The first kappa shape index (κ1) is 13.9. The Morgan fingerprint density at radius 2 is 2.21 bits per heavy atom. The van der Waals surface area contributed by atoms with Crippen LogP contribution in [0.15, 0.2) is 18.2 Å². The minimum atomic E-state index is 0.0669. The van der Waals surface area contributed by atoms with Gasteiger partial charge in [0.05, 0.1) is 13.0 Å². The SMILES string of the molecule is Cc1cccc(OCCC(=O)NCC2CNC2)c1C. The van der Waals surface area contributed by atoms with Crippen LogP contribution in [0.4, 0.5) is 0 Å². The number of carbonyl (C=O) groups is 1. The van der Waals surface area contributed by atoms with Gasteiger partial charge in [-0.1, -0.05) is 12.1 Å². The van der Waals surface area contributed by atoms with Crippen molar-refractivity contribution in [2.75, 3.05) is 26.2 Å². The molecule has 1 aliphatic rings. The molecule has 0 atom stereocenters. The summed E-state index contributed by atoms with van der Waals surface area (Å²) in [5.41, 5.74) is 2.35. The van der Waals surface area contributed by atoms with E-state index in [0.29, 0.717) is 18.9 Å². The molecule has 2 rings (SSSR count). The van der Waals surface area contributed by atoms with Crippen LogP contribution in [0, 0.1) is 19.8 Å². The minimum Gasteiger partial charge on any atom is -0.493 e. The van der Waals surface area contributed by atoms with Crippen molar-refractivity contribution in [3.63, 3.8) is 0 Å². The predicted octanol–water partition coefficient (Wildman–Crippen LogP) is 1.41. The van der Waals surface area contributed by atoms with E-state index in [2.05, 4.69) is 23.6 Å². The van der Waals surface area contributed by atoms with Gasteiger partial charge in [-0.25, -0.2) is 0 Å². The molecule has 1 heterocycles. The molecule has 2 N–H and O–H groups in total. The number of hydrogen-bond donors (Lipinski definition) is 2. The molecule has 19 heavy (non-hydrogen) atoms. The molecular weight excluding hydrogens is 240 g/mol. The third-order valence-electron chi connectivity index (χ3n) is 3.60. The molecule has 0 aliphatic carbocycles. The average Bonchev–Trinajstić information content (AvgIpc) is 2.32. The van der Waals surface area contributed by atoms with Crippen molar-refractivity contribution in [3.05, 3.63) is 29.3 Å². The molecule has 0 aromatic heterocycles. The van der Waals surface area contributed by atoms with Gasteiger partial charge in [0.2, 0.25) is 5.91 Å². The summed E-state index contributed by atoms with van der Waals surface area (Å²) in [6, 6.07) is 5.98. The highest BCUT2D eigenvalue weighted by atomic mass is 16.5. The molecule has 104 valence electrons. The average molecular weight is 262 g/mol. The maximum atomic E-state index is 11.6. The molecule has 0 bridgehead atoms. The van der Waals surface area contributed by atoms with Gasteiger partial charge in [-0.2, -0.15) is 0 Å². The summed E-state index contributed by atoms with van der Waals surface area (Å²) in [6.45, 7) is 7.32. The Hall–Kier alpha value is -1.55. The standard InChI is InChI=1S/C15H22N2O2/c1-11-4-3-5-14(12(11)2)19-7-6-15(18)17-10-13-8-16-9-13/h3-5,13,16H,6-10H2,1-2H3,(H,17,18). The highest BCUT2D eigenvalue weighted by Gasteiger charge is 2.16. The van der Waals surface area contributed by atoms with Crippen molar-refractivity contribution in [3.8, 4) is 5.75 Å². The molecule has 4 heteroatoms. The maximum absolute atomic E-state index is 11.6. The normalized spacial score (nSPS) is 14.8. The lowest BCUT2D eigenvalue weighted by Crippen LogP contribution is -2.48. The monoisotopic (exact) mass is 262 g/mol. The van der Waals surface area contributed by atoms with E-state index in [1.807, 2.05) is 19.1 Å². The van der Waals surface area contributed by atoms with Gasteiger partial charge in [-0.05, 0) is 31.0 Å². The first-order valence-electron chi connectivity index (χ1n) is 6.83. The van der Waals surface area contributed by atoms with Crippen LogP contribution < -0.4 is 15.4 Å². The molecule has 4 nitrogen and oxygen atoms in total. The van der Waals surface area contributed by atoms with Crippen molar-refractivity contribution in [1.29, 1.82) is 0 Å². The first-order chi connectivity index (χ1) is 9.16. The highest BCUT2D eigenvalue weighted by molar-refractivity contribution is 5.76. The van der Waals surface area contributed by atoms with Crippen LogP contribution in [0.3, 0.4) is 0 Å². The number of hydrogen-bond acceptors (Lipinski definition) is 3. The van der Waals surface area contributed by atoms with E-state index in [0.717, 1.165) is 30.9 Å². The van der Waals surface area contributed by atoms with Crippen LogP contribution in [0.25, 0.3) is 0 Å². The number of nitrogens with one attached hydrogen (secondary N) is 2. The summed E-state index contributed by atoms with van der Waals surface area (Å²) in [5.74, 6) is 1.54. The van der Waals surface area contributed by atoms with Gasteiger partial charge >= 0.3 is 0 Å². The summed E-state index contributed by atoms with van der Waals surface area (Å²) in [6.07, 6.45) is 0.410. The molecule has 1 fully saturated rings. The van der Waals surface area contributed by atoms with E-state index in [1.165, 1.54) is 5.56 Å². The Morgan fingerprint density at radius 1 is 1.42 bits per heavy atom. The lowest BCUT2D eigenvalue weighted by molar-refractivity contribution is -0.121. The molecule has 1 saturated heterocycles. The number of carbonyl (C=O) groups excluding carboxylic acids is 1. The lowest BCUT2D eigenvalue weighted by Gasteiger charge is -2.27. The molecule has 1 aliphatic heterocycles. The quantitative estimate of drug-likeness (QED) is 0.815. The van der Waals surface area contributed by atoms with Gasteiger partial charge in [0.1, 0.15) is 5.75 Å². The summed E-state index contributed by atoms with van der Waals surface area (Å²) in [5, 5.41) is 6.12. The fourth-order valence-corrected chi connectivity index (χ4v) is 1.97. The van der Waals surface area contributed by atoms with Crippen molar-refractivity contribution in [2.24, 2.45) is 5.92 Å². The fraction of sp³-hybridized carbons (Fsp3) is 0.533. The van der Waals surface area contributed by atoms with E-state index in [9.17, 15) is 4.79 Å². The zero-order valence-corrected chi connectivity index (χ0v) is 11.7. The minimum absolute atomic E-state index is 0.0669. The van der Waals surface area contributed by atoms with E-state index < -0.39 is 0 Å². The summed E-state index contributed by atoms with van der Waals surface area (Å²) < 4.78 is 5.66. The lowest BCUT2D eigenvalue weighted by atomic mass is 10.0. The van der Waals surface area contributed by atoms with E-state index in [1.54, 1.807) is 0 Å². The zero-order chi connectivity index (χ0) is 13.7. The largest absolute Gasteiger partial charge is 0.493 e. The van der Waals surface area contributed by atoms with Crippen molar-refractivity contribution < 1.29 is 9.53 Å². The van der Waals surface area contributed by atoms with Crippen molar-refractivity contribution in [2.45, 2.75) is 20.3 Å². The van der Waals surface area contributed by atoms with Crippen molar-refractivity contribution in [1.82, 2.24) is 10.6 Å². The van der Waals surface area contributed by atoms with Gasteiger partial charge in [0.25, 0.3) is 0 Å². The number of ether oxygens (including phenoxy) is 1. The summed E-state index contributed by atoms with van der Waals surface area (Å²) in [4.78, 5) is 11.6. The summed E-state index contributed by atoms with van der Waals surface area (Å²) >= 11 is 0. The third kappa shape index (κ3) is 3.96. The van der Waals surface area contributed by atoms with Gasteiger partial charge in [-0.3, -0.25) is 4.79 Å². The molecule has 0 spiro atoms. The highest BCUT2D eigenvalue weighted by Crippen LogP contribution is 2.20. The Kier molecular flexibility index (Phi) is 4.80. The Balaban J connectivity index is 1.67. The first-order valence-corrected chi connectivity index (χ1v) is 6.83.